The van der Waals surface area contributed by atoms with Gasteiger partial charge in [0.05, 0.1) is 14.2 Å². The number of rotatable bonds is 4. The first-order valence-electron chi connectivity index (χ1n) is 8.75. The molecular weight excluding hydrogens is 328 g/mol. The average molecular weight is 358 g/mol. The molecule has 0 bridgehead atoms. The first-order chi connectivity index (χ1) is 12.0. The van der Waals surface area contributed by atoms with Gasteiger partial charge in [-0.2, -0.15) is 0 Å². The fourth-order valence-corrected chi connectivity index (χ4v) is 2.59. The number of methoxy groups -OCH3 is 2. The van der Waals surface area contributed by atoms with E-state index in [9.17, 15) is 5.11 Å². The topological polar surface area (TPSA) is 47.9 Å². The number of hydrogen-bond donors (Lipinski definition) is 1. The monoisotopic (exact) mass is 358 g/mol. The lowest BCUT2D eigenvalue weighted by molar-refractivity contribution is 0.342. The minimum atomic E-state index is -0.112. The maximum atomic E-state index is 10.5. The SMILES string of the molecule is COc1cc(C(C)(C)C)ccc1Oc1cc(C(C)(C)C)cc(OC)c1O. The predicted molar refractivity (Wildman–Crippen MR) is 105 cm³/mol. The summed E-state index contributed by atoms with van der Waals surface area (Å²) in [7, 11) is 3.14. The molecule has 2 aromatic rings. The molecule has 4 nitrogen and oxygen atoms in total. The van der Waals surface area contributed by atoms with Crippen LogP contribution in [0.1, 0.15) is 52.7 Å². The van der Waals surface area contributed by atoms with Gasteiger partial charge in [-0.25, -0.2) is 0 Å². The van der Waals surface area contributed by atoms with E-state index in [1.165, 1.54) is 7.11 Å². The quantitative estimate of drug-likeness (QED) is 0.751. The van der Waals surface area contributed by atoms with E-state index in [1.54, 1.807) is 7.11 Å². The summed E-state index contributed by atoms with van der Waals surface area (Å²) in [6, 6.07) is 9.53. The highest BCUT2D eigenvalue weighted by Crippen LogP contribution is 2.44. The van der Waals surface area contributed by atoms with Crippen LogP contribution in [0.15, 0.2) is 30.3 Å². The van der Waals surface area contributed by atoms with Gasteiger partial charge in [-0.15, -0.1) is 0 Å². The predicted octanol–water partition coefficient (Wildman–Crippen LogP) is 5.80. The van der Waals surface area contributed by atoms with E-state index >= 15 is 0 Å². The minimum Gasteiger partial charge on any atom is -0.502 e. The molecule has 0 aliphatic rings. The van der Waals surface area contributed by atoms with Crippen LogP contribution in [0, 0.1) is 0 Å². The zero-order valence-electron chi connectivity index (χ0n) is 17.1. The van der Waals surface area contributed by atoms with Crippen molar-refractivity contribution < 1.29 is 19.3 Å². The lowest BCUT2D eigenvalue weighted by atomic mass is 9.86. The second-order valence-corrected chi connectivity index (χ2v) is 8.49. The van der Waals surface area contributed by atoms with E-state index < -0.39 is 0 Å². The van der Waals surface area contributed by atoms with Crippen molar-refractivity contribution in [2.45, 2.75) is 52.4 Å². The highest BCUT2D eigenvalue weighted by atomic mass is 16.5. The zero-order valence-corrected chi connectivity index (χ0v) is 17.1. The summed E-state index contributed by atoms with van der Waals surface area (Å²) >= 11 is 0. The summed E-state index contributed by atoms with van der Waals surface area (Å²) in [6.45, 7) is 12.7. The Morgan fingerprint density at radius 3 is 1.65 bits per heavy atom. The van der Waals surface area contributed by atoms with Crippen molar-refractivity contribution in [2.24, 2.45) is 0 Å². The second kappa shape index (κ2) is 7.10. The van der Waals surface area contributed by atoms with E-state index in [0.29, 0.717) is 23.0 Å². The highest BCUT2D eigenvalue weighted by molar-refractivity contribution is 5.57. The molecule has 142 valence electrons. The average Bonchev–Trinajstić information content (AvgIpc) is 2.54. The molecule has 0 heterocycles. The summed E-state index contributed by atoms with van der Waals surface area (Å²) in [6.07, 6.45) is 0. The van der Waals surface area contributed by atoms with Gasteiger partial charge in [0.1, 0.15) is 0 Å². The maximum Gasteiger partial charge on any atom is 0.201 e. The summed E-state index contributed by atoms with van der Waals surface area (Å²) in [4.78, 5) is 0. The Labute approximate surface area is 156 Å². The second-order valence-electron chi connectivity index (χ2n) is 8.49. The van der Waals surface area contributed by atoms with Gasteiger partial charge in [0, 0.05) is 0 Å². The molecule has 0 spiro atoms. The van der Waals surface area contributed by atoms with Crippen LogP contribution in [0.4, 0.5) is 0 Å². The Bertz CT molecular complexity index is 780. The van der Waals surface area contributed by atoms with Gasteiger partial charge < -0.3 is 19.3 Å². The third-order valence-corrected chi connectivity index (χ3v) is 4.38. The van der Waals surface area contributed by atoms with Crippen LogP contribution >= 0.6 is 0 Å². The van der Waals surface area contributed by atoms with E-state index in [4.69, 9.17) is 14.2 Å². The molecule has 0 radical (unpaired) electrons. The molecule has 0 aliphatic carbocycles. The summed E-state index contributed by atoms with van der Waals surface area (Å²) in [5.41, 5.74) is 2.04. The van der Waals surface area contributed by atoms with Crippen LogP contribution < -0.4 is 14.2 Å². The van der Waals surface area contributed by atoms with Gasteiger partial charge in [-0.1, -0.05) is 47.6 Å². The summed E-state index contributed by atoms with van der Waals surface area (Å²) in [5, 5.41) is 10.5. The van der Waals surface area contributed by atoms with E-state index in [0.717, 1.165) is 11.1 Å². The molecule has 2 aromatic carbocycles. The Morgan fingerprint density at radius 1 is 0.654 bits per heavy atom. The third-order valence-electron chi connectivity index (χ3n) is 4.38. The number of phenolic OH excluding ortho intramolecular Hbond substituents is 1. The highest BCUT2D eigenvalue weighted by Gasteiger charge is 2.22. The maximum absolute atomic E-state index is 10.5. The van der Waals surface area contributed by atoms with Crippen molar-refractivity contribution in [1.29, 1.82) is 0 Å². The summed E-state index contributed by atoms with van der Waals surface area (Å²) < 4.78 is 16.8. The van der Waals surface area contributed by atoms with Crippen LogP contribution in [0.25, 0.3) is 0 Å². The van der Waals surface area contributed by atoms with Crippen LogP contribution in [0.5, 0.6) is 28.7 Å². The molecule has 0 aromatic heterocycles. The van der Waals surface area contributed by atoms with Crippen molar-refractivity contribution in [3.8, 4) is 28.7 Å². The van der Waals surface area contributed by atoms with E-state index in [-0.39, 0.29) is 16.6 Å². The molecule has 0 saturated carbocycles. The smallest absolute Gasteiger partial charge is 0.201 e. The van der Waals surface area contributed by atoms with Gasteiger partial charge in [-0.3, -0.25) is 0 Å². The molecule has 0 unspecified atom stereocenters. The third kappa shape index (κ3) is 4.24. The molecule has 26 heavy (non-hydrogen) atoms. The fourth-order valence-electron chi connectivity index (χ4n) is 2.59. The number of hydrogen-bond acceptors (Lipinski definition) is 4. The van der Waals surface area contributed by atoms with Gasteiger partial charge in [-0.05, 0) is 46.2 Å². The normalized spacial score (nSPS) is 12.0. The van der Waals surface area contributed by atoms with Crippen molar-refractivity contribution in [3.05, 3.63) is 41.5 Å². The van der Waals surface area contributed by atoms with Crippen LogP contribution in [0.3, 0.4) is 0 Å². The van der Waals surface area contributed by atoms with Gasteiger partial charge >= 0.3 is 0 Å². The Kier molecular flexibility index (Phi) is 5.45. The van der Waals surface area contributed by atoms with Crippen LogP contribution in [-0.2, 0) is 10.8 Å². The zero-order chi connectivity index (χ0) is 19.7. The first-order valence-corrected chi connectivity index (χ1v) is 8.75. The lowest BCUT2D eigenvalue weighted by Crippen LogP contribution is -2.12. The standard InChI is InChI=1S/C22H30O4/c1-21(2,3)14-9-10-16(17(11-14)24-7)26-19-13-15(22(4,5)6)12-18(25-8)20(19)23/h9-13,23H,1-8H3. The van der Waals surface area contributed by atoms with Gasteiger partial charge in [0.2, 0.25) is 5.75 Å². The number of benzene rings is 2. The van der Waals surface area contributed by atoms with Gasteiger partial charge in [0.15, 0.2) is 23.0 Å². The van der Waals surface area contributed by atoms with E-state index in [1.807, 2.05) is 30.3 Å². The Balaban J connectivity index is 2.51. The number of phenols is 1. The van der Waals surface area contributed by atoms with Gasteiger partial charge in [0.25, 0.3) is 0 Å². The molecule has 2 rings (SSSR count). The number of ether oxygens (including phenoxy) is 3. The largest absolute Gasteiger partial charge is 0.502 e. The number of aromatic hydroxyl groups is 1. The molecule has 0 atom stereocenters. The summed E-state index contributed by atoms with van der Waals surface area (Å²) in [5.74, 6) is 1.87. The Morgan fingerprint density at radius 2 is 1.15 bits per heavy atom. The molecule has 0 aliphatic heterocycles. The first kappa shape index (κ1) is 20.0. The molecule has 0 fully saturated rings. The van der Waals surface area contributed by atoms with Crippen molar-refractivity contribution in [1.82, 2.24) is 0 Å². The molecule has 0 amide bonds. The molecule has 4 heteroatoms. The minimum absolute atomic E-state index is 0.00329. The van der Waals surface area contributed by atoms with Crippen LogP contribution in [0.2, 0.25) is 0 Å². The molecular formula is C22H30O4. The lowest BCUT2D eigenvalue weighted by Gasteiger charge is -2.23. The van der Waals surface area contributed by atoms with Crippen LogP contribution in [-0.4, -0.2) is 19.3 Å². The fraction of sp³-hybridized carbons (Fsp3) is 0.455. The molecule has 0 saturated heterocycles. The van der Waals surface area contributed by atoms with E-state index in [2.05, 4.69) is 41.5 Å². The van der Waals surface area contributed by atoms with Crippen molar-refractivity contribution >= 4 is 0 Å². The Hall–Kier alpha value is -2.36. The molecule has 1 N–H and O–H groups in total. The van der Waals surface area contributed by atoms with Crippen molar-refractivity contribution in [2.75, 3.05) is 14.2 Å². The van der Waals surface area contributed by atoms with Crippen molar-refractivity contribution in [3.63, 3.8) is 0 Å².